The fourth-order valence-electron chi connectivity index (χ4n) is 1.03. The van der Waals surface area contributed by atoms with Gasteiger partial charge in [-0.25, -0.2) is 0 Å². The Bertz CT molecular complexity index is 161. The van der Waals surface area contributed by atoms with Crippen LogP contribution in [-0.4, -0.2) is 19.0 Å². The van der Waals surface area contributed by atoms with Crippen molar-refractivity contribution in [1.29, 1.82) is 0 Å². The zero-order chi connectivity index (χ0) is 7.40. The van der Waals surface area contributed by atoms with Crippen LogP contribution in [0.15, 0.2) is 0 Å². The van der Waals surface area contributed by atoms with Crippen molar-refractivity contribution >= 4 is 5.78 Å². The molecule has 0 aromatic heterocycles. The van der Waals surface area contributed by atoms with Crippen molar-refractivity contribution in [2.45, 2.75) is 12.8 Å². The van der Waals surface area contributed by atoms with Gasteiger partial charge in [0.25, 0.3) is 0 Å². The summed E-state index contributed by atoms with van der Waals surface area (Å²) in [7, 11) is 0. The van der Waals surface area contributed by atoms with Crippen LogP contribution in [0.1, 0.15) is 12.8 Å². The molecule has 0 spiro atoms. The van der Waals surface area contributed by atoms with Gasteiger partial charge in [-0.3, -0.25) is 4.79 Å². The van der Waals surface area contributed by atoms with Gasteiger partial charge < -0.3 is 4.74 Å². The van der Waals surface area contributed by atoms with Crippen molar-refractivity contribution in [3.05, 3.63) is 0 Å². The van der Waals surface area contributed by atoms with Crippen LogP contribution in [0.2, 0.25) is 0 Å². The first-order valence-electron chi connectivity index (χ1n) is 3.38. The molecule has 1 rings (SSSR count). The quantitative estimate of drug-likeness (QED) is 0.523. The van der Waals surface area contributed by atoms with Crippen LogP contribution in [-0.2, 0) is 9.53 Å². The second-order valence-corrected chi connectivity index (χ2v) is 2.41. The first-order valence-corrected chi connectivity index (χ1v) is 3.38. The highest BCUT2D eigenvalue weighted by Gasteiger charge is 2.21. The SMILES string of the molecule is C#CCC(=O)C1CCOC1. The van der Waals surface area contributed by atoms with Gasteiger partial charge in [-0.15, -0.1) is 6.42 Å². The van der Waals surface area contributed by atoms with Crippen LogP contribution in [0.4, 0.5) is 0 Å². The maximum Gasteiger partial charge on any atom is 0.150 e. The summed E-state index contributed by atoms with van der Waals surface area (Å²) >= 11 is 0. The van der Waals surface area contributed by atoms with E-state index in [0.29, 0.717) is 13.2 Å². The number of Topliss-reactive ketones (excluding diaryl/α,β-unsaturated/α-hetero) is 1. The molecule has 10 heavy (non-hydrogen) atoms. The summed E-state index contributed by atoms with van der Waals surface area (Å²) in [5.74, 6) is 2.57. The Balaban J connectivity index is 2.34. The minimum Gasteiger partial charge on any atom is -0.381 e. The molecular formula is C8H10O2. The van der Waals surface area contributed by atoms with Gasteiger partial charge in [0.05, 0.1) is 13.0 Å². The molecule has 0 aliphatic carbocycles. The Kier molecular flexibility index (Phi) is 2.47. The maximum absolute atomic E-state index is 11.0. The lowest BCUT2D eigenvalue weighted by Gasteiger charge is -2.00. The van der Waals surface area contributed by atoms with E-state index in [-0.39, 0.29) is 18.1 Å². The van der Waals surface area contributed by atoms with Crippen molar-refractivity contribution in [2.75, 3.05) is 13.2 Å². The molecule has 0 N–H and O–H groups in total. The molecule has 0 aromatic rings. The fourth-order valence-corrected chi connectivity index (χ4v) is 1.03. The van der Waals surface area contributed by atoms with E-state index in [1.165, 1.54) is 0 Å². The number of ether oxygens (including phenoxy) is 1. The highest BCUT2D eigenvalue weighted by Crippen LogP contribution is 2.14. The number of rotatable bonds is 2. The van der Waals surface area contributed by atoms with Gasteiger partial charge in [0.1, 0.15) is 5.78 Å². The molecule has 1 unspecified atom stereocenters. The lowest BCUT2D eigenvalue weighted by molar-refractivity contribution is -0.121. The van der Waals surface area contributed by atoms with Crippen LogP contribution in [0.3, 0.4) is 0 Å². The first-order chi connectivity index (χ1) is 4.84. The molecule has 1 atom stereocenters. The number of hydrogen-bond donors (Lipinski definition) is 0. The fraction of sp³-hybridized carbons (Fsp3) is 0.625. The van der Waals surface area contributed by atoms with Gasteiger partial charge in [-0.1, -0.05) is 5.92 Å². The average molecular weight is 138 g/mol. The summed E-state index contributed by atoms with van der Waals surface area (Å²) in [6.07, 6.45) is 6.09. The maximum atomic E-state index is 11.0. The second kappa shape index (κ2) is 3.38. The summed E-state index contributed by atoms with van der Waals surface area (Å²) < 4.78 is 5.04. The monoisotopic (exact) mass is 138 g/mol. The number of terminal acetylenes is 1. The Morgan fingerprint density at radius 1 is 1.80 bits per heavy atom. The number of carbonyl (C=O) groups excluding carboxylic acids is 1. The molecule has 1 heterocycles. The van der Waals surface area contributed by atoms with E-state index in [1.54, 1.807) is 0 Å². The summed E-state index contributed by atoms with van der Waals surface area (Å²) in [6, 6.07) is 0. The van der Waals surface area contributed by atoms with Crippen LogP contribution >= 0.6 is 0 Å². The molecule has 0 saturated carbocycles. The lowest BCUT2D eigenvalue weighted by atomic mass is 10.0. The summed E-state index contributed by atoms with van der Waals surface area (Å²) in [6.45, 7) is 1.28. The summed E-state index contributed by atoms with van der Waals surface area (Å²) in [4.78, 5) is 11.0. The predicted molar refractivity (Wildman–Crippen MR) is 37.4 cm³/mol. The Hall–Kier alpha value is -0.810. The van der Waals surface area contributed by atoms with Crippen molar-refractivity contribution in [2.24, 2.45) is 5.92 Å². The third-order valence-electron chi connectivity index (χ3n) is 1.66. The van der Waals surface area contributed by atoms with Gasteiger partial charge in [-0.2, -0.15) is 0 Å². The van der Waals surface area contributed by atoms with Gasteiger partial charge >= 0.3 is 0 Å². The Labute approximate surface area is 60.6 Å². The standard InChI is InChI=1S/C8H10O2/c1-2-3-8(9)7-4-5-10-6-7/h1,7H,3-6H2. The molecular weight excluding hydrogens is 128 g/mol. The highest BCUT2D eigenvalue weighted by molar-refractivity contribution is 5.83. The van der Waals surface area contributed by atoms with Gasteiger partial charge in [0, 0.05) is 12.5 Å². The molecule has 1 aliphatic heterocycles. The Morgan fingerprint density at radius 3 is 3.10 bits per heavy atom. The zero-order valence-electron chi connectivity index (χ0n) is 5.80. The van der Waals surface area contributed by atoms with E-state index in [9.17, 15) is 4.79 Å². The van der Waals surface area contributed by atoms with Crippen molar-refractivity contribution in [1.82, 2.24) is 0 Å². The summed E-state index contributed by atoms with van der Waals surface area (Å²) in [5.41, 5.74) is 0. The molecule has 2 nitrogen and oxygen atoms in total. The number of carbonyl (C=O) groups is 1. The highest BCUT2D eigenvalue weighted by atomic mass is 16.5. The first kappa shape index (κ1) is 7.30. The number of hydrogen-bond acceptors (Lipinski definition) is 2. The average Bonchev–Trinajstić information content (AvgIpc) is 2.38. The van der Waals surface area contributed by atoms with Crippen molar-refractivity contribution < 1.29 is 9.53 Å². The van der Waals surface area contributed by atoms with E-state index >= 15 is 0 Å². The molecule has 1 aliphatic rings. The Morgan fingerprint density at radius 2 is 2.60 bits per heavy atom. The number of ketones is 1. The molecule has 0 amide bonds. The second-order valence-electron chi connectivity index (χ2n) is 2.41. The van der Waals surface area contributed by atoms with Gasteiger partial charge in [-0.05, 0) is 6.42 Å². The topological polar surface area (TPSA) is 26.3 Å². The lowest BCUT2D eigenvalue weighted by Crippen LogP contribution is -2.12. The van der Waals surface area contributed by atoms with E-state index in [1.807, 2.05) is 0 Å². The summed E-state index contributed by atoms with van der Waals surface area (Å²) in [5, 5.41) is 0. The van der Waals surface area contributed by atoms with E-state index in [2.05, 4.69) is 5.92 Å². The van der Waals surface area contributed by atoms with Crippen molar-refractivity contribution in [3.8, 4) is 12.3 Å². The molecule has 2 heteroatoms. The zero-order valence-corrected chi connectivity index (χ0v) is 5.80. The molecule has 54 valence electrons. The third kappa shape index (κ3) is 1.58. The smallest absolute Gasteiger partial charge is 0.150 e. The third-order valence-corrected chi connectivity index (χ3v) is 1.66. The van der Waals surface area contributed by atoms with Crippen LogP contribution < -0.4 is 0 Å². The largest absolute Gasteiger partial charge is 0.381 e. The van der Waals surface area contributed by atoms with Crippen LogP contribution in [0, 0.1) is 18.3 Å². The van der Waals surface area contributed by atoms with Crippen LogP contribution in [0.25, 0.3) is 0 Å². The molecule has 0 radical (unpaired) electrons. The van der Waals surface area contributed by atoms with Gasteiger partial charge in [0.2, 0.25) is 0 Å². The minimum atomic E-state index is 0.0797. The van der Waals surface area contributed by atoms with Crippen LogP contribution in [0.5, 0.6) is 0 Å². The van der Waals surface area contributed by atoms with E-state index in [0.717, 1.165) is 6.42 Å². The van der Waals surface area contributed by atoms with Crippen molar-refractivity contribution in [3.63, 3.8) is 0 Å². The predicted octanol–water partition coefficient (Wildman–Crippen LogP) is 0.615. The molecule has 0 aromatic carbocycles. The van der Waals surface area contributed by atoms with Gasteiger partial charge in [0.15, 0.2) is 0 Å². The molecule has 0 bridgehead atoms. The van der Waals surface area contributed by atoms with E-state index in [4.69, 9.17) is 11.2 Å². The minimum absolute atomic E-state index is 0.0797. The molecule has 1 saturated heterocycles. The van der Waals surface area contributed by atoms with E-state index < -0.39 is 0 Å². The molecule has 1 fully saturated rings. The normalized spacial score (nSPS) is 24.1.